The number of aromatic nitrogens is 7. The van der Waals surface area contributed by atoms with Crippen LogP contribution >= 0.6 is 11.3 Å². The zero-order valence-electron chi connectivity index (χ0n) is 16.1. The number of hydrogen-bond donors (Lipinski definition) is 1. The zero-order valence-corrected chi connectivity index (χ0v) is 16.9. The minimum atomic E-state index is 0.427. The summed E-state index contributed by atoms with van der Waals surface area (Å²) in [6, 6.07) is 5.78. The van der Waals surface area contributed by atoms with Gasteiger partial charge in [-0.05, 0) is 26.3 Å². The summed E-state index contributed by atoms with van der Waals surface area (Å²) in [6.07, 6.45) is 4.79. The molecule has 2 atom stereocenters. The second kappa shape index (κ2) is 7.36. The molecule has 0 aromatic carbocycles. The molecule has 2 unspecified atom stereocenters. The van der Waals surface area contributed by atoms with Crippen molar-refractivity contribution < 1.29 is 4.74 Å². The maximum Gasteiger partial charge on any atom is 0.218 e. The van der Waals surface area contributed by atoms with Crippen molar-refractivity contribution in [1.82, 2.24) is 34.8 Å². The molecule has 9 nitrogen and oxygen atoms in total. The topological polar surface area (TPSA) is 103 Å². The van der Waals surface area contributed by atoms with Gasteiger partial charge in [0.2, 0.25) is 5.88 Å². The fourth-order valence-corrected chi connectivity index (χ4v) is 3.95. The fourth-order valence-electron chi connectivity index (χ4n) is 3.30. The average molecular weight is 408 g/mol. The number of fused-ring (bicyclic) bond motifs is 1. The molecule has 0 spiro atoms. The number of nitrogens with one attached hydrogen (secondary N) is 1. The summed E-state index contributed by atoms with van der Waals surface area (Å²) in [4.78, 5) is 13.5. The highest BCUT2D eigenvalue weighted by atomic mass is 32.1. The summed E-state index contributed by atoms with van der Waals surface area (Å²) >= 11 is 1.57. The van der Waals surface area contributed by atoms with Gasteiger partial charge in [0.05, 0.1) is 19.3 Å². The summed E-state index contributed by atoms with van der Waals surface area (Å²) in [5.41, 5.74) is 1.97. The van der Waals surface area contributed by atoms with Gasteiger partial charge in [-0.1, -0.05) is 11.3 Å². The van der Waals surface area contributed by atoms with Crippen molar-refractivity contribution in [3.63, 3.8) is 0 Å². The largest absolute Gasteiger partial charge is 0.477 e. The van der Waals surface area contributed by atoms with Crippen molar-refractivity contribution in [3.05, 3.63) is 52.1 Å². The number of ether oxygens (including phenoxy) is 1. The Morgan fingerprint density at radius 3 is 3.00 bits per heavy atom. The lowest BCUT2D eigenvalue weighted by molar-refractivity contribution is 0.284. The molecule has 1 N–H and O–H groups in total. The summed E-state index contributed by atoms with van der Waals surface area (Å²) < 4.78 is 7.75. The first-order valence-corrected chi connectivity index (χ1v) is 10.3. The van der Waals surface area contributed by atoms with Crippen LogP contribution in [0.5, 0.6) is 5.88 Å². The Bertz CT molecular complexity index is 1160. The van der Waals surface area contributed by atoms with Crippen LogP contribution in [0.4, 0.5) is 5.82 Å². The van der Waals surface area contributed by atoms with Crippen molar-refractivity contribution in [3.8, 4) is 5.88 Å². The van der Waals surface area contributed by atoms with Crippen LogP contribution in [0.1, 0.15) is 33.9 Å². The van der Waals surface area contributed by atoms with Crippen molar-refractivity contribution >= 4 is 22.8 Å². The van der Waals surface area contributed by atoms with Crippen molar-refractivity contribution in [2.75, 3.05) is 11.9 Å². The molecule has 0 aliphatic heterocycles. The van der Waals surface area contributed by atoms with Crippen LogP contribution in [0.3, 0.4) is 0 Å². The van der Waals surface area contributed by atoms with Crippen molar-refractivity contribution in [1.29, 1.82) is 0 Å². The molecule has 5 rings (SSSR count). The van der Waals surface area contributed by atoms with E-state index in [1.807, 2.05) is 38.2 Å². The Morgan fingerprint density at radius 1 is 1.21 bits per heavy atom. The van der Waals surface area contributed by atoms with E-state index >= 15 is 0 Å². The maximum atomic E-state index is 5.97. The third-order valence-corrected chi connectivity index (χ3v) is 5.67. The van der Waals surface area contributed by atoms with Crippen LogP contribution in [0, 0.1) is 19.8 Å². The number of hydrogen-bond acceptors (Lipinski definition) is 9. The lowest BCUT2D eigenvalue weighted by atomic mass is 10.2. The highest BCUT2D eigenvalue weighted by Crippen LogP contribution is 2.46. The number of aryl methyl sites for hydroxylation is 2. The first kappa shape index (κ1) is 17.9. The Labute approximate surface area is 171 Å². The molecule has 4 aromatic rings. The van der Waals surface area contributed by atoms with Crippen molar-refractivity contribution in [2.45, 2.75) is 32.7 Å². The van der Waals surface area contributed by atoms with Crippen LogP contribution in [0.25, 0.3) is 5.65 Å². The van der Waals surface area contributed by atoms with Gasteiger partial charge in [-0.3, -0.25) is 0 Å². The van der Waals surface area contributed by atoms with Gasteiger partial charge < -0.3 is 10.1 Å². The summed E-state index contributed by atoms with van der Waals surface area (Å²) in [5.74, 6) is 2.84. The van der Waals surface area contributed by atoms with Gasteiger partial charge >= 0.3 is 0 Å². The molecular formula is C19H20N8OS. The smallest absolute Gasteiger partial charge is 0.218 e. The van der Waals surface area contributed by atoms with Gasteiger partial charge in [-0.2, -0.15) is 10.1 Å². The number of nitrogens with zero attached hydrogens (tertiary/aromatic N) is 7. The fraction of sp³-hybridized carbons (Fsp3) is 0.368. The molecule has 148 valence electrons. The molecule has 0 radical (unpaired) electrons. The van der Waals surface area contributed by atoms with Gasteiger partial charge in [0, 0.05) is 35.9 Å². The molecule has 4 heterocycles. The van der Waals surface area contributed by atoms with Gasteiger partial charge in [0.15, 0.2) is 5.65 Å². The van der Waals surface area contributed by atoms with Crippen molar-refractivity contribution in [2.24, 2.45) is 5.92 Å². The first-order valence-electron chi connectivity index (χ1n) is 9.46. The SMILES string of the molecule is Cc1nc(NCc2nnc(C)s2)cc(OCC2CC2c2ccn3nccc3n2)n1. The van der Waals surface area contributed by atoms with E-state index in [2.05, 4.69) is 35.6 Å². The van der Waals surface area contributed by atoms with E-state index in [0.717, 1.165) is 33.6 Å². The third kappa shape index (κ3) is 4.02. The van der Waals surface area contributed by atoms with Crippen LogP contribution in [0.2, 0.25) is 0 Å². The van der Waals surface area contributed by atoms with Gasteiger partial charge in [0.1, 0.15) is 21.7 Å². The molecule has 1 saturated carbocycles. The molecule has 0 bridgehead atoms. The Balaban J connectivity index is 1.19. The monoisotopic (exact) mass is 408 g/mol. The zero-order chi connectivity index (χ0) is 19.8. The van der Waals surface area contributed by atoms with E-state index in [9.17, 15) is 0 Å². The summed E-state index contributed by atoms with van der Waals surface area (Å²) in [6.45, 7) is 4.99. The van der Waals surface area contributed by atoms with Gasteiger partial charge in [-0.15, -0.1) is 10.2 Å². The van der Waals surface area contributed by atoms with Crippen LogP contribution < -0.4 is 10.1 Å². The van der Waals surface area contributed by atoms with E-state index in [1.165, 1.54) is 0 Å². The highest BCUT2D eigenvalue weighted by molar-refractivity contribution is 7.11. The Morgan fingerprint density at radius 2 is 2.14 bits per heavy atom. The summed E-state index contributed by atoms with van der Waals surface area (Å²) in [5, 5.41) is 17.5. The standard InChI is InChI=1S/C19H20N8OS/c1-11-22-16(20-9-19-26-25-12(2)29-19)8-18(23-11)28-10-13-7-14(13)15-4-6-27-17(24-15)3-5-21-27/h3-6,8,13-14H,7,9-10H2,1-2H3,(H,20,22,23). The lowest BCUT2D eigenvalue weighted by Crippen LogP contribution is -2.07. The molecule has 4 aromatic heterocycles. The lowest BCUT2D eigenvalue weighted by Gasteiger charge is -2.09. The minimum Gasteiger partial charge on any atom is -0.477 e. The molecule has 0 amide bonds. The highest BCUT2D eigenvalue weighted by Gasteiger charge is 2.40. The molecule has 1 fully saturated rings. The van der Waals surface area contributed by atoms with E-state index < -0.39 is 0 Å². The molecule has 1 aliphatic carbocycles. The molecular weight excluding hydrogens is 388 g/mol. The Hall–Kier alpha value is -3.14. The quantitative estimate of drug-likeness (QED) is 0.498. The minimum absolute atomic E-state index is 0.427. The predicted octanol–water partition coefficient (Wildman–Crippen LogP) is 2.78. The first-order chi connectivity index (χ1) is 14.1. The normalized spacial score (nSPS) is 18.1. The molecule has 0 saturated heterocycles. The molecule has 1 aliphatic rings. The van der Waals surface area contributed by atoms with Crippen LogP contribution in [-0.4, -0.2) is 41.4 Å². The second-order valence-corrected chi connectivity index (χ2v) is 8.37. The maximum absolute atomic E-state index is 5.97. The second-order valence-electron chi connectivity index (χ2n) is 7.11. The van der Waals surface area contributed by atoms with E-state index in [4.69, 9.17) is 4.74 Å². The number of anilines is 1. The van der Waals surface area contributed by atoms with E-state index in [1.54, 1.807) is 22.0 Å². The third-order valence-electron chi connectivity index (χ3n) is 4.83. The van der Waals surface area contributed by atoms with E-state index in [-0.39, 0.29) is 0 Å². The molecule has 10 heteroatoms. The van der Waals surface area contributed by atoms with Crippen LogP contribution in [-0.2, 0) is 6.54 Å². The van der Waals surface area contributed by atoms with Crippen LogP contribution in [0.15, 0.2) is 30.6 Å². The average Bonchev–Trinajstić information content (AvgIpc) is 3.11. The van der Waals surface area contributed by atoms with Gasteiger partial charge in [0.25, 0.3) is 0 Å². The van der Waals surface area contributed by atoms with Gasteiger partial charge in [-0.25, -0.2) is 14.5 Å². The molecule has 29 heavy (non-hydrogen) atoms. The predicted molar refractivity (Wildman–Crippen MR) is 108 cm³/mol. The summed E-state index contributed by atoms with van der Waals surface area (Å²) in [7, 11) is 0. The Kier molecular flexibility index (Phi) is 4.55. The number of rotatable bonds is 7. The van der Waals surface area contributed by atoms with E-state index in [0.29, 0.717) is 36.7 Å².